The predicted octanol–water partition coefficient (Wildman–Crippen LogP) is 3.97. The van der Waals surface area contributed by atoms with Crippen LogP contribution in [-0.2, 0) is 9.53 Å². The highest BCUT2D eigenvalue weighted by molar-refractivity contribution is 6.30. The molecule has 0 spiro atoms. The fourth-order valence-electron chi connectivity index (χ4n) is 2.32. The van der Waals surface area contributed by atoms with Crippen molar-refractivity contribution >= 4 is 34.9 Å². The molecule has 0 aromatic heterocycles. The highest BCUT2D eigenvalue weighted by Gasteiger charge is 2.14. The van der Waals surface area contributed by atoms with Crippen molar-refractivity contribution in [3.05, 3.63) is 53.1 Å². The van der Waals surface area contributed by atoms with E-state index in [2.05, 4.69) is 10.6 Å². The third-order valence-electron chi connectivity index (χ3n) is 3.53. The van der Waals surface area contributed by atoms with Crippen LogP contribution in [0.4, 0.5) is 11.4 Å². The van der Waals surface area contributed by atoms with Crippen molar-refractivity contribution in [2.75, 3.05) is 30.9 Å². The number of methoxy groups -OCH3 is 1. The molecular formula is C19H21ClN2O4. The summed E-state index contributed by atoms with van der Waals surface area (Å²) in [5.74, 6) is -0.0529. The lowest BCUT2D eigenvalue weighted by Crippen LogP contribution is -2.18. The Hall–Kier alpha value is -2.73. The summed E-state index contributed by atoms with van der Waals surface area (Å²) in [6.07, 6.45) is 0.201. The molecule has 2 aromatic rings. The van der Waals surface area contributed by atoms with E-state index >= 15 is 0 Å². The fourth-order valence-corrected chi connectivity index (χ4v) is 2.49. The number of hydrogen-bond donors (Lipinski definition) is 2. The summed E-state index contributed by atoms with van der Waals surface area (Å²) < 4.78 is 10.2. The lowest BCUT2D eigenvalue weighted by atomic mass is 10.1. The maximum absolute atomic E-state index is 12.2. The van der Waals surface area contributed by atoms with Gasteiger partial charge in [-0.25, -0.2) is 4.79 Å². The van der Waals surface area contributed by atoms with Gasteiger partial charge in [-0.2, -0.15) is 0 Å². The van der Waals surface area contributed by atoms with Gasteiger partial charge in [0.1, 0.15) is 5.75 Å². The Morgan fingerprint density at radius 2 is 1.88 bits per heavy atom. The SMILES string of the molecule is CCOC(=O)c1ccccc1NC(=O)CCNc1cc(Cl)ccc1OC. The molecule has 6 nitrogen and oxygen atoms in total. The molecule has 0 unspecified atom stereocenters. The number of halogens is 1. The molecule has 0 aliphatic heterocycles. The van der Waals surface area contributed by atoms with E-state index in [0.717, 1.165) is 0 Å². The van der Waals surface area contributed by atoms with Gasteiger partial charge in [0.15, 0.2) is 0 Å². The monoisotopic (exact) mass is 376 g/mol. The maximum atomic E-state index is 12.2. The van der Waals surface area contributed by atoms with Crippen LogP contribution in [0.5, 0.6) is 5.75 Å². The molecule has 0 atom stereocenters. The van der Waals surface area contributed by atoms with Crippen LogP contribution >= 0.6 is 11.6 Å². The van der Waals surface area contributed by atoms with E-state index in [9.17, 15) is 9.59 Å². The Labute approximate surface area is 157 Å². The first-order valence-corrected chi connectivity index (χ1v) is 8.56. The normalized spacial score (nSPS) is 10.1. The van der Waals surface area contributed by atoms with E-state index in [1.165, 1.54) is 0 Å². The van der Waals surface area contributed by atoms with Crippen molar-refractivity contribution in [2.45, 2.75) is 13.3 Å². The highest BCUT2D eigenvalue weighted by Crippen LogP contribution is 2.27. The van der Waals surface area contributed by atoms with Gasteiger partial charge in [-0.05, 0) is 37.3 Å². The third-order valence-corrected chi connectivity index (χ3v) is 3.76. The van der Waals surface area contributed by atoms with Crippen LogP contribution in [0, 0.1) is 0 Å². The first-order chi connectivity index (χ1) is 12.5. The second-order valence-electron chi connectivity index (χ2n) is 5.34. The topological polar surface area (TPSA) is 76.7 Å². The Balaban J connectivity index is 1.94. The summed E-state index contributed by atoms with van der Waals surface area (Å²) in [5.41, 5.74) is 1.46. The van der Waals surface area contributed by atoms with E-state index in [1.807, 2.05) is 0 Å². The van der Waals surface area contributed by atoms with E-state index in [0.29, 0.717) is 34.3 Å². The molecule has 0 saturated carbocycles. The number of rotatable bonds is 8. The van der Waals surface area contributed by atoms with Crippen LogP contribution < -0.4 is 15.4 Å². The van der Waals surface area contributed by atoms with Crippen molar-refractivity contribution < 1.29 is 19.1 Å². The maximum Gasteiger partial charge on any atom is 0.340 e. The van der Waals surface area contributed by atoms with E-state index in [-0.39, 0.29) is 18.9 Å². The van der Waals surface area contributed by atoms with Crippen molar-refractivity contribution in [1.29, 1.82) is 0 Å². The predicted molar refractivity (Wildman–Crippen MR) is 102 cm³/mol. The minimum Gasteiger partial charge on any atom is -0.495 e. The zero-order valence-corrected chi connectivity index (χ0v) is 15.4. The van der Waals surface area contributed by atoms with Gasteiger partial charge in [0, 0.05) is 18.0 Å². The van der Waals surface area contributed by atoms with Gasteiger partial charge < -0.3 is 20.1 Å². The van der Waals surface area contributed by atoms with E-state index in [4.69, 9.17) is 21.1 Å². The van der Waals surface area contributed by atoms with Crippen LogP contribution in [0.15, 0.2) is 42.5 Å². The average molecular weight is 377 g/mol. The number of nitrogens with one attached hydrogen (secondary N) is 2. The van der Waals surface area contributed by atoms with Crippen LogP contribution in [-0.4, -0.2) is 32.1 Å². The molecule has 0 saturated heterocycles. The fraction of sp³-hybridized carbons (Fsp3) is 0.263. The summed E-state index contributed by atoms with van der Waals surface area (Å²) in [7, 11) is 1.56. The molecule has 1 amide bonds. The molecule has 2 rings (SSSR count). The van der Waals surface area contributed by atoms with Gasteiger partial charge in [0.05, 0.1) is 30.7 Å². The molecule has 0 aliphatic carbocycles. The van der Waals surface area contributed by atoms with Crippen molar-refractivity contribution in [1.82, 2.24) is 0 Å². The third kappa shape index (κ3) is 5.39. The number of carbonyl (C=O) groups excluding carboxylic acids is 2. The first kappa shape index (κ1) is 19.6. The number of benzene rings is 2. The lowest BCUT2D eigenvalue weighted by Gasteiger charge is -2.12. The van der Waals surface area contributed by atoms with Gasteiger partial charge in [-0.1, -0.05) is 23.7 Å². The number of hydrogen-bond acceptors (Lipinski definition) is 5. The zero-order chi connectivity index (χ0) is 18.9. The Morgan fingerprint density at radius 3 is 2.62 bits per heavy atom. The quantitative estimate of drug-likeness (QED) is 0.682. The van der Waals surface area contributed by atoms with Crippen LogP contribution in [0.3, 0.4) is 0 Å². The molecule has 0 fully saturated rings. The Kier molecular flexibility index (Phi) is 7.29. The number of anilines is 2. The Morgan fingerprint density at radius 1 is 1.12 bits per heavy atom. The second kappa shape index (κ2) is 9.68. The van der Waals surface area contributed by atoms with Gasteiger partial charge in [-0.15, -0.1) is 0 Å². The minimum absolute atomic E-state index is 0.201. The summed E-state index contributed by atoms with van der Waals surface area (Å²) in [5, 5.41) is 6.43. The Bertz CT molecular complexity index is 780. The summed E-state index contributed by atoms with van der Waals surface area (Å²) in [6.45, 7) is 2.38. The molecule has 0 aliphatic rings. The number of carbonyl (C=O) groups is 2. The molecule has 26 heavy (non-hydrogen) atoms. The van der Waals surface area contributed by atoms with Crippen LogP contribution in [0.2, 0.25) is 5.02 Å². The van der Waals surface area contributed by atoms with Crippen LogP contribution in [0.1, 0.15) is 23.7 Å². The molecule has 0 heterocycles. The smallest absolute Gasteiger partial charge is 0.340 e. The first-order valence-electron chi connectivity index (χ1n) is 8.18. The average Bonchev–Trinajstić information content (AvgIpc) is 2.62. The number of esters is 1. The van der Waals surface area contributed by atoms with E-state index < -0.39 is 5.97 Å². The lowest BCUT2D eigenvalue weighted by molar-refractivity contribution is -0.115. The van der Waals surface area contributed by atoms with E-state index in [1.54, 1.807) is 56.5 Å². The summed E-state index contributed by atoms with van der Waals surface area (Å²) in [6, 6.07) is 11.9. The molecule has 2 N–H and O–H groups in total. The second-order valence-corrected chi connectivity index (χ2v) is 5.77. The molecule has 0 radical (unpaired) electrons. The summed E-state index contributed by atoms with van der Waals surface area (Å²) >= 11 is 5.98. The minimum atomic E-state index is -0.467. The van der Waals surface area contributed by atoms with Gasteiger partial charge in [0.25, 0.3) is 0 Å². The zero-order valence-electron chi connectivity index (χ0n) is 14.7. The largest absolute Gasteiger partial charge is 0.495 e. The number of para-hydroxylation sites is 1. The highest BCUT2D eigenvalue weighted by atomic mass is 35.5. The summed E-state index contributed by atoms with van der Waals surface area (Å²) in [4.78, 5) is 24.1. The molecule has 7 heteroatoms. The number of amides is 1. The molecule has 138 valence electrons. The van der Waals surface area contributed by atoms with Gasteiger partial charge in [-0.3, -0.25) is 4.79 Å². The molecule has 0 bridgehead atoms. The molecular weight excluding hydrogens is 356 g/mol. The molecule has 2 aromatic carbocycles. The van der Waals surface area contributed by atoms with Crippen molar-refractivity contribution in [3.63, 3.8) is 0 Å². The number of ether oxygens (including phenoxy) is 2. The standard InChI is InChI=1S/C19H21ClN2O4/c1-3-26-19(24)14-6-4-5-7-15(14)22-18(23)10-11-21-16-12-13(20)8-9-17(16)25-2/h4-9,12,21H,3,10-11H2,1-2H3,(H,22,23). The van der Waals surface area contributed by atoms with Gasteiger partial charge in [0.2, 0.25) is 5.91 Å². The van der Waals surface area contributed by atoms with Crippen molar-refractivity contribution in [3.8, 4) is 5.75 Å². The van der Waals surface area contributed by atoms with Crippen LogP contribution in [0.25, 0.3) is 0 Å². The van der Waals surface area contributed by atoms with Gasteiger partial charge >= 0.3 is 5.97 Å². The van der Waals surface area contributed by atoms with Crippen molar-refractivity contribution in [2.24, 2.45) is 0 Å².